The van der Waals surface area contributed by atoms with Gasteiger partial charge in [0.1, 0.15) is 16.7 Å². The summed E-state index contributed by atoms with van der Waals surface area (Å²) in [6.45, 7) is 1.22. The molecule has 1 aliphatic rings. The Labute approximate surface area is 163 Å². The summed E-state index contributed by atoms with van der Waals surface area (Å²) < 4.78 is 10.8. The number of amides is 1. The van der Waals surface area contributed by atoms with Crippen molar-refractivity contribution in [1.82, 2.24) is 9.80 Å². The summed E-state index contributed by atoms with van der Waals surface area (Å²) in [4.78, 5) is 28.2. The monoisotopic (exact) mass is 394 g/mol. The number of ether oxygens (including phenoxy) is 2. The first-order valence-electron chi connectivity index (χ1n) is 8.10. The lowest BCUT2D eigenvalue weighted by atomic mass is 10.2. The van der Waals surface area contributed by atoms with Crippen LogP contribution in [0.2, 0.25) is 0 Å². The summed E-state index contributed by atoms with van der Waals surface area (Å²) in [7, 11) is 5.40. The van der Waals surface area contributed by atoms with E-state index in [1.165, 1.54) is 16.7 Å². The van der Waals surface area contributed by atoms with Gasteiger partial charge in [0, 0.05) is 13.1 Å². The van der Waals surface area contributed by atoms with Gasteiger partial charge in [-0.15, -0.1) is 0 Å². The number of nitrogens with zero attached hydrogens (tertiary/aromatic N) is 2. The lowest BCUT2D eigenvalue weighted by Gasteiger charge is -2.14. The van der Waals surface area contributed by atoms with Gasteiger partial charge in [0.2, 0.25) is 0 Å². The Balaban J connectivity index is 1.93. The number of likely N-dealkylation sites (N-methyl/N-ethyl adjacent to an activating group) is 1. The molecule has 1 amide bonds. The molecule has 26 heavy (non-hydrogen) atoms. The molecule has 1 aromatic carbocycles. The van der Waals surface area contributed by atoms with Gasteiger partial charge in [0.15, 0.2) is 0 Å². The number of rotatable bonds is 8. The highest BCUT2D eigenvalue weighted by Crippen LogP contribution is 2.33. The number of hydrogen-bond acceptors (Lipinski definition) is 7. The first kappa shape index (κ1) is 20.4. The molecule has 0 bridgehead atoms. The highest BCUT2D eigenvalue weighted by Gasteiger charge is 2.32. The predicted molar refractivity (Wildman–Crippen MR) is 107 cm³/mol. The minimum Gasteiger partial charge on any atom is -0.497 e. The van der Waals surface area contributed by atoms with Crippen LogP contribution >= 0.6 is 24.0 Å². The summed E-state index contributed by atoms with van der Waals surface area (Å²) in [6, 6.07) is 7.42. The zero-order chi connectivity index (χ0) is 19.1. The number of thiocarbonyl (C=S) groups is 1. The van der Waals surface area contributed by atoms with Crippen LogP contribution in [0.1, 0.15) is 12.0 Å². The molecular weight excluding hydrogens is 372 g/mol. The second-order valence-corrected chi connectivity index (χ2v) is 7.56. The molecule has 0 N–H and O–H groups in total. The number of methoxy groups -OCH3 is 1. The highest BCUT2D eigenvalue weighted by molar-refractivity contribution is 8.26. The van der Waals surface area contributed by atoms with Gasteiger partial charge in [-0.25, -0.2) is 0 Å². The molecule has 1 heterocycles. The Morgan fingerprint density at radius 1 is 1.38 bits per heavy atom. The van der Waals surface area contributed by atoms with Gasteiger partial charge in [-0.05, 0) is 37.9 Å². The van der Waals surface area contributed by atoms with E-state index in [0.717, 1.165) is 11.3 Å². The van der Waals surface area contributed by atoms with Crippen LogP contribution in [0.25, 0.3) is 6.08 Å². The molecule has 1 aliphatic heterocycles. The van der Waals surface area contributed by atoms with Crippen LogP contribution in [-0.4, -0.2) is 66.9 Å². The third-order valence-electron chi connectivity index (χ3n) is 3.61. The van der Waals surface area contributed by atoms with Crippen molar-refractivity contribution in [2.24, 2.45) is 0 Å². The predicted octanol–water partition coefficient (Wildman–Crippen LogP) is 2.39. The van der Waals surface area contributed by atoms with Crippen molar-refractivity contribution in [3.8, 4) is 5.75 Å². The van der Waals surface area contributed by atoms with Gasteiger partial charge in [-0.1, -0.05) is 36.1 Å². The van der Waals surface area contributed by atoms with Crippen LogP contribution in [0.15, 0.2) is 29.2 Å². The number of hydrogen-bond donors (Lipinski definition) is 0. The van der Waals surface area contributed by atoms with Crippen LogP contribution in [0.3, 0.4) is 0 Å². The quantitative estimate of drug-likeness (QED) is 0.381. The fraction of sp³-hybridized carbons (Fsp3) is 0.389. The molecule has 140 valence electrons. The standard InChI is InChI=1S/C18H22N2O4S2/c1-19(2)9-10-24-16(21)7-8-20-17(22)15(26-18(20)25)12-13-5-4-6-14(11-13)23-3/h4-6,11-12H,7-10H2,1-3H3. The summed E-state index contributed by atoms with van der Waals surface area (Å²) in [5, 5.41) is 0. The third-order valence-corrected chi connectivity index (χ3v) is 4.98. The van der Waals surface area contributed by atoms with E-state index < -0.39 is 0 Å². The van der Waals surface area contributed by atoms with E-state index in [-0.39, 0.29) is 24.8 Å². The molecule has 6 nitrogen and oxygen atoms in total. The summed E-state index contributed by atoms with van der Waals surface area (Å²) in [5.74, 6) is 0.191. The molecule has 0 atom stereocenters. The van der Waals surface area contributed by atoms with Gasteiger partial charge in [-0.2, -0.15) is 0 Å². The lowest BCUT2D eigenvalue weighted by molar-refractivity contribution is -0.144. The van der Waals surface area contributed by atoms with Gasteiger partial charge >= 0.3 is 5.97 Å². The van der Waals surface area contributed by atoms with E-state index in [0.29, 0.717) is 22.4 Å². The Kier molecular flexibility index (Phi) is 7.62. The van der Waals surface area contributed by atoms with Gasteiger partial charge in [0.25, 0.3) is 5.91 Å². The van der Waals surface area contributed by atoms with E-state index in [4.69, 9.17) is 21.7 Å². The minimum absolute atomic E-state index is 0.117. The van der Waals surface area contributed by atoms with Crippen molar-refractivity contribution in [1.29, 1.82) is 0 Å². The Morgan fingerprint density at radius 2 is 2.15 bits per heavy atom. The molecule has 1 aromatic rings. The van der Waals surface area contributed by atoms with E-state index in [9.17, 15) is 9.59 Å². The zero-order valence-corrected chi connectivity index (χ0v) is 16.7. The van der Waals surface area contributed by atoms with Gasteiger partial charge < -0.3 is 14.4 Å². The first-order valence-corrected chi connectivity index (χ1v) is 9.33. The molecular formula is C18H22N2O4S2. The molecule has 0 aromatic heterocycles. The third kappa shape index (κ3) is 5.82. The summed E-state index contributed by atoms with van der Waals surface area (Å²) >= 11 is 6.51. The Bertz CT molecular complexity index is 719. The highest BCUT2D eigenvalue weighted by atomic mass is 32.2. The average Bonchev–Trinajstić information content (AvgIpc) is 2.86. The molecule has 2 rings (SSSR count). The van der Waals surface area contributed by atoms with Gasteiger partial charge in [-0.3, -0.25) is 14.5 Å². The molecule has 1 saturated heterocycles. The van der Waals surface area contributed by atoms with E-state index in [2.05, 4.69) is 0 Å². The van der Waals surface area contributed by atoms with Crippen LogP contribution in [0.4, 0.5) is 0 Å². The largest absolute Gasteiger partial charge is 0.497 e. The zero-order valence-electron chi connectivity index (χ0n) is 15.1. The molecule has 0 unspecified atom stereocenters. The molecule has 0 aliphatic carbocycles. The normalized spacial score (nSPS) is 15.8. The topological polar surface area (TPSA) is 59.1 Å². The molecule has 0 spiro atoms. The van der Waals surface area contributed by atoms with Crippen molar-refractivity contribution < 1.29 is 19.1 Å². The van der Waals surface area contributed by atoms with E-state index in [1.807, 2.05) is 43.3 Å². The van der Waals surface area contributed by atoms with Crippen molar-refractivity contribution in [3.05, 3.63) is 34.7 Å². The maximum atomic E-state index is 12.5. The fourth-order valence-electron chi connectivity index (χ4n) is 2.19. The van der Waals surface area contributed by atoms with E-state index in [1.54, 1.807) is 13.2 Å². The number of carbonyl (C=O) groups is 2. The molecule has 0 radical (unpaired) electrons. The van der Waals surface area contributed by atoms with Crippen LogP contribution in [-0.2, 0) is 14.3 Å². The Hall–Kier alpha value is -1.90. The first-order chi connectivity index (χ1) is 12.4. The van der Waals surface area contributed by atoms with Crippen molar-refractivity contribution in [3.63, 3.8) is 0 Å². The van der Waals surface area contributed by atoms with Gasteiger partial charge in [0.05, 0.1) is 18.4 Å². The molecule has 1 fully saturated rings. The maximum absolute atomic E-state index is 12.5. The van der Waals surface area contributed by atoms with E-state index >= 15 is 0 Å². The SMILES string of the molecule is COc1cccc(C=C2SC(=S)N(CCC(=O)OCCN(C)C)C2=O)c1. The second-order valence-electron chi connectivity index (χ2n) is 5.88. The maximum Gasteiger partial charge on any atom is 0.307 e. The van der Waals surface area contributed by atoms with Crippen molar-refractivity contribution in [2.45, 2.75) is 6.42 Å². The number of thioether (sulfide) groups is 1. The molecule has 8 heteroatoms. The number of benzene rings is 1. The number of esters is 1. The summed E-state index contributed by atoms with van der Waals surface area (Å²) in [6.07, 6.45) is 1.89. The Morgan fingerprint density at radius 3 is 2.85 bits per heavy atom. The summed E-state index contributed by atoms with van der Waals surface area (Å²) in [5.41, 5.74) is 0.855. The minimum atomic E-state index is -0.335. The van der Waals surface area contributed by atoms with Crippen molar-refractivity contribution >= 4 is 46.3 Å². The molecule has 0 saturated carbocycles. The van der Waals surface area contributed by atoms with Crippen LogP contribution in [0.5, 0.6) is 5.75 Å². The number of carbonyl (C=O) groups excluding carboxylic acids is 2. The smallest absolute Gasteiger partial charge is 0.307 e. The average molecular weight is 395 g/mol. The van der Waals surface area contributed by atoms with Crippen molar-refractivity contribution in [2.75, 3.05) is 40.9 Å². The second kappa shape index (κ2) is 9.70. The van der Waals surface area contributed by atoms with Crippen LogP contribution in [0, 0.1) is 0 Å². The fourth-order valence-corrected chi connectivity index (χ4v) is 3.50. The van der Waals surface area contributed by atoms with Crippen LogP contribution < -0.4 is 4.74 Å². The lowest BCUT2D eigenvalue weighted by Crippen LogP contribution is -2.31.